The highest BCUT2D eigenvalue weighted by Crippen LogP contribution is 2.46. The number of nitrogens with one attached hydrogen (secondary N) is 1. The number of benzene rings is 3. The summed E-state index contributed by atoms with van der Waals surface area (Å²) in [5.74, 6) is 0.241. The van der Waals surface area contributed by atoms with Gasteiger partial charge in [0.05, 0.1) is 18.3 Å². The molecule has 0 unspecified atom stereocenters. The number of hydrogen-bond acceptors (Lipinski definition) is 9. The monoisotopic (exact) mass is 508 g/mol. The average molecular weight is 509 g/mol. The minimum absolute atomic E-state index is 0.490. The number of oxime groups is 2. The lowest BCUT2D eigenvalue weighted by Crippen LogP contribution is -2.05. The maximum atomic E-state index is 11.7. The van der Waals surface area contributed by atoms with E-state index in [-0.39, 0.29) is 0 Å². The van der Waals surface area contributed by atoms with Gasteiger partial charge in [0.15, 0.2) is 0 Å². The van der Waals surface area contributed by atoms with E-state index in [9.17, 15) is 9.59 Å². The number of para-hydroxylation sites is 1. The van der Waals surface area contributed by atoms with Crippen LogP contribution in [0.3, 0.4) is 0 Å². The molecule has 0 spiro atoms. The van der Waals surface area contributed by atoms with E-state index in [1.807, 2.05) is 66.7 Å². The number of carbonyl (C=O) groups is 2. The Morgan fingerprint density at radius 2 is 1.63 bits per heavy atom. The van der Waals surface area contributed by atoms with Crippen molar-refractivity contribution >= 4 is 45.8 Å². The first-order valence-electron chi connectivity index (χ1n) is 11.8. The minimum atomic E-state index is -0.519. The summed E-state index contributed by atoms with van der Waals surface area (Å²) >= 11 is 0. The van der Waals surface area contributed by atoms with Gasteiger partial charge >= 0.3 is 11.9 Å². The Bertz CT molecular complexity index is 1660. The first kappa shape index (κ1) is 24.6. The van der Waals surface area contributed by atoms with Crippen molar-refractivity contribution in [2.75, 3.05) is 12.4 Å². The third kappa shape index (κ3) is 4.69. The number of carbonyl (C=O) groups excluding carboxylic acids is 2. The highest BCUT2D eigenvalue weighted by atomic mass is 16.7. The number of aromatic nitrogens is 1. The normalized spacial score (nSPS) is 13.2. The van der Waals surface area contributed by atoms with Gasteiger partial charge in [-0.25, -0.2) is 14.6 Å². The smallest absolute Gasteiger partial charge is 0.332 e. The van der Waals surface area contributed by atoms with Gasteiger partial charge in [-0.2, -0.15) is 0 Å². The van der Waals surface area contributed by atoms with Crippen LogP contribution in [0.5, 0.6) is 5.75 Å². The molecule has 0 amide bonds. The van der Waals surface area contributed by atoms with Crippen molar-refractivity contribution in [3.8, 4) is 16.9 Å². The lowest BCUT2D eigenvalue weighted by molar-refractivity contribution is -0.141. The van der Waals surface area contributed by atoms with E-state index in [0.717, 1.165) is 44.4 Å². The number of hydrogen-bond donors (Lipinski definition) is 1. The van der Waals surface area contributed by atoms with Gasteiger partial charge in [-0.15, -0.1) is 0 Å². The first-order valence-corrected chi connectivity index (χ1v) is 11.8. The van der Waals surface area contributed by atoms with Crippen molar-refractivity contribution in [1.29, 1.82) is 0 Å². The largest absolute Gasteiger partial charge is 0.497 e. The van der Waals surface area contributed by atoms with Crippen LogP contribution in [0.2, 0.25) is 0 Å². The van der Waals surface area contributed by atoms with Crippen molar-refractivity contribution < 1.29 is 24.0 Å². The fraction of sp³-hybridized carbons (Fsp3) is 0.138. The van der Waals surface area contributed by atoms with Crippen LogP contribution < -0.4 is 10.1 Å². The molecular weight excluding hydrogens is 484 g/mol. The van der Waals surface area contributed by atoms with E-state index in [4.69, 9.17) is 19.4 Å². The zero-order valence-corrected chi connectivity index (χ0v) is 21.2. The van der Waals surface area contributed by atoms with Gasteiger partial charge in [0.1, 0.15) is 17.3 Å². The van der Waals surface area contributed by atoms with E-state index in [1.165, 1.54) is 13.8 Å². The molecule has 0 aliphatic heterocycles. The van der Waals surface area contributed by atoms with Crippen LogP contribution in [0.4, 0.5) is 11.5 Å². The molecular formula is C29H24N4O5. The Hall–Kier alpha value is -5.05. The highest BCUT2D eigenvalue weighted by Gasteiger charge is 2.32. The van der Waals surface area contributed by atoms with Crippen LogP contribution in [-0.4, -0.2) is 35.5 Å². The minimum Gasteiger partial charge on any atom is -0.497 e. The van der Waals surface area contributed by atoms with Crippen LogP contribution in [0, 0.1) is 0 Å². The molecule has 1 aromatic heterocycles. The van der Waals surface area contributed by atoms with Gasteiger partial charge in [-0.05, 0) is 48.9 Å². The summed E-state index contributed by atoms with van der Waals surface area (Å²) < 4.78 is 5.46. The summed E-state index contributed by atoms with van der Waals surface area (Å²) in [7, 11) is 1.59. The molecule has 0 radical (unpaired) electrons. The van der Waals surface area contributed by atoms with Crippen molar-refractivity contribution in [2.24, 2.45) is 10.3 Å². The third-order valence-corrected chi connectivity index (χ3v) is 6.00. The van der Waals surface area contributed by atoms with E-state index in [0.29, 0.717) is 23.0 Å². The zero-order chi connectivity index (χ0) is 26.8. The predicted molar refractivity (Wildman–Crippen MR) is 145 cm³/mol. The zero-order valence-electron chi connectivity index (χ0n) is 21.2. The summed E-state index contributed by atoms with van der Waals surface area (Å²) in [6.45, 7) is 4.37. The summed E-state index contributed by atoms with van der Waals surface area (Å²) in [6, 6.07) is 20.9. The maximum Gasteiger partial charge on any atom is 0.332 e. The van der Waals surface area contributed by atoms with Crippen molar-refractivity contribution in [3.05, 3.63) is 83.4 Å². The lowest BCUT2D eigenvalue weighted by atomic mass is 10.0. The molecule has 9 nitrogen and oxygen atoms in total. The molecule has 1 N–H and O–H groups in total. The fourth-order valence-electron chi connectivity index (χ4n) is 4.36. The first-order chi connectivity index (χ1) is 18.4. The van der Waals surface area contributed by atoms with Crippen molar-refractivity contribution in [2.45, 2.75) is 20.8 Å². The molecule has 3 aromatic carbocycles. The Balaban J connectivity index is 1.69. The molecule has 0 saturated heterocycles. The number of anilines is 2. The number of fused-ring (bicyclic) bond motifs is 5. The van der Waals surface area contributed by atoms with Gasteiger partial charge in [-0.3, -0.25) is 0 Å². The topological polar surface area (TPSA) is 111 Å². The lowest BCUT2D eigenvalue weighted by Gasteiger charge is -2.14. The summed E-state index contributed by atoms with van der Waals surface area (Å²) in [6.07, 6.45) is 0. The van der Waals surface area contributed by atoms with Gasteiger partial charge in [0.2, 0.25) is 0 Å². The summed E-state index contributed by atoms with van der Waals surface area (Å²) in [5, 5.41) is 12.4. The predicted octanol–water partition coefficient (Wildman–Crippen LogP) is 5.57. The fourth-order valence-corrected chi connectivity index (χ4v) is 4.36. The second-order valence-corrected chi connectivity index (χ2v) is 8.63. The van der Waals surface area contributed by atoms with Crippen LogP contribution in [0.15, 0.2) is 77.0 Å². The van der Waals surface area contributed by atoms with Crippen molar-refractivity contribution in [3.63, 3.8) is 0 Å². The highest BCUT2D eigenvalue weighted by molar-refractivity contribution is 6.31. The van der Waals surface area contributed by atoms with Crippen LogP contribution >= 0.6 is 0 Å². The Morgan fingerprint density at radius 1 is 0.842 bits per heavy atom. The van der Waals surface area contributed by atoms with E-state index in [2.05, 4.69) is 15.6 Å². The Kier molecular flexibility index (Phi) is 6.57. The molecule has 0 atom stereocenters. The van der Waals surface area contributed by atoms with Crippen LogP contribution in [-0.2, 0) is 19.3 Å². The van der Waals surface area contributed by atoms with Gasteiger partial charge in [-0.1, -0.05) is 40.6 Å². The molecule has 1 heterocycles. The van der Waals surface area contributed by atoms with Gasteiger partial charge in [0, 0.05) is 47.2 Å². The third-order valence-electron chi connectivity index (χ3n) is 6.00. The van der Waals surface area contributed by atoms with Crippen LogP contribution in [0.25, 0.3) is 22.0 Å². The molecule has 0 saturated carbocycles. The molecule has 190 valence electrons. The van der Waals surface area contributed by atoms with Crippen LogP contribution in [0.1, 0.15) is 37.5 Å². The number of nitrogens with zero attached hydrogens (tertiary/aromatic N) is 3. The van der Waals surface area contributed by atoms with Gasteiger partial charge < -0.3 is 19.7 Å². The van der Waals surface area contributed by atoms with E-state index < -0.39 is 11.9 Å². The Labute approximate surface area is 218 Å². The quantitative estimate of drug-likeness (QED) is 0.181. The molecule has 38 heavy (non-hydrogen) atoms. The Morgan fingerprint density at radius 3 is 2.39 bits per heavy atom. The van der Waals surface area contributed by atoms with E-state index >= 15 is 0 Å². The molecule has 1 aliphatic carbocycles. The van der Waals surface area contributed by atoms with Crippen molar-refractivity contribution in [1.82, 2.24) is 4.98 Å². The number of pyridine rings is 1. The molecule has 4 aromatic rings. The molecule has 5 rings (SSSR count). The second-order valence-electron chi connectivity index (χ2n) is 8.63. The van der Waals surface area contributed by atoms with E-state index in [1.54, 1.807) is 14.0 Å². The number of rotatable bonds is 6. The maximum absolute atomic E-state index is 11.7. The second kappa shape index (κ2) is 10.1. The summed E-state index contributed by atoms with van der Waals surface area (Å²) in [5.41, 5.74) is 6.59. The molecule has 1 aliphatic rings. The molecule has 9 heteroatoms. The molecule has 0 bridgehead atoms. The number of ether oxygens (including phenoxy) is 1. The average Bonchev–Trinajstić information content (AvgIpc) is 3.24. The number of methoxy groups -OCH3 is 1. The standard InChI is InChI=1S/C29H24N4O5/c1-16(32-37-17(2)34)19-8-7-9-20(14-19)30-29-27-22-13-12-21(36-4)15-24(22)28(33-38-18(3)35)26(27)23-10-5-6-11-25(23)31-29/h5-15H,1-4H3,(H,30,31)/b32-16+,33-28-. The van der Waals surface area contributed by atoms with Gasteiger partial charge in [0.25, 0.3) is 0 Å². The molecule has 0 fully saturated rings. The SMILES string of the molecule is COc1ccc2c(c1)/C(=N/OC(C)=O)c1c-2c(Nc2cccc(/C(C)=N/OC(C)=O)c2)nc2ccccc12. The summed E-state index contributed by atoms with van der Waals surface area (Å²) in [4.78, 5) is 37.7.